The number of benzene rings is 2. The van der Waals surface area contributed by atoms with Crippen LogP contribution in [0.2, 0.25) is 0 Å². The molecule has 2 rings (SSSR count). The minimum atomic E-state index is -3.64. The van der Waals surface area contributed by atoms with Crippen LogP contribution in [-0.4, -0.2) is 21.6 Å². The molecule has 0 radical (unpaired) electrons. The van der Waals surface area contributed by atoms with Gasteiger partial charge in [-0.2, -0.15) is 8.42 Å². The molecule has 146 valence electrons. The van der Waals surface area contributed by atoms with E-state index in [0.29, 0.717) is 19.6 Å². The number of hydrogen-bond acceptors (Lipinski definition) is 4. The summed E-state index contributed by atoms with van der Waals surface area (Å²) in [6, 6.07) is 14.8. The number of hydrogen-bond donors (Lipinski definition) is 0. The lowest BCUT2D eigenvalue weighted by Crippen LogP contribution is -2.07. The van der Waals surface area contributed by atoms with Gasteiger partial charge in [0.1, 0.15) is 0 Å². The van der Waals surface area contributed by atoms with E-state index in [9.17, 15) is 8.42 Å². The lowest BCUT2D eigenvalue weighted by molar-refractivity contribution is 0.116. The van der Waals surface area contributed by atoms with E-state index in [1.54, 1.807) is 24.3 Å². The van der Waals surface area contributed by atoms with Gasteiger partial charge in [-0.3, -0.25) is 4.18 Å². The van der Waals surface area contributed by atoms with Crippen LogP contribution in [0.15, 0.2) is 60.0 Å². The van der Waals surface area contributed by atoms with Crippen molar-refractivity contribution in [3.63, 3.8) is 0 Å². The van der Waals surface area contributed by atoms with Gasteiger partial charge in [0.2, 0.25) is 0 Å². The minimum absolute atomic E-state index is 0.211. The van der Waals surface area contributed by atoms with Crippen molar-refractivity contribution in [3.8, 4) is 0 Å². The highest BCUT2D eigenvalue weighted by atomic mass is 32.2. The Morgan fingerprint density at radius 2 is 1.52 bits per heavy atom. The molecule has 0 fully saturated rings. The Morgan fingerprint density at radius 3 is 2.15 bits per heavy atom. The van der Waals surface area contributed by atoms with E-state index >= 15 is 0 Å². The zero-order chi connectivity index (χ0) is 19.5. The molecule has 0 aliphatic heterocycles. The molecule has 0 atom stereocenters. The predicted molar refractivity (Wildman–Crippen MR) is 109 cm³/mol. The topological polar surface area (TPSA) is 52.6 Å². The van der Waals surface area contributed by atoms with Gasteiger partial charge in [0.25, 0.3) is 10.1 Å². The summed E-state index contributed by atoms with van der Waals surface area (Å²) in [6.07, 6.45) is 5.40. The summed E-state index contributed by atoms with van der Waals surface area (Å²) in [7, 11) is -3.64. The Labute approximate surface area is 163 Å². The number of unbranched alkanes of at least 4 members (excludes halogenated alkanes) is 3. The molecule has 0 aromatic heterocycles. The number of aryl methyl sites for hydroxylation is 1. The van der Waals surface area contributed by atoms with Crippen LogP contribution in [0.25, 0.3) is 6.08 Å². The van der Waals surface area contributed by atoms with Crippen LogP contribution in [-0.2, 0) is 25.6 Å². The second-order valence-corrected chi connectivity index (χ2v) is 8.12. The molecule has 0 bridgehead atoms. The van der Waals surface area contributed by atoms with E-state index in [2.05, 4.69) is 6.58 Å². The van der Waals surface area contributed by atoms with Crippen molar-refractivity contribution in [1.82, 2.24) is 0 Å². The van der Waals surface area contributed by atoms with Gasteiger partial charge in [0.15, 0.2) is 0 Å². The van der Waals surface area contributed by atoms with Gasteiger partial charge in [-0.1, -0.05) is 67.5 Å². The lowest BCUT2D eigenvalue weighted by atomic mass is 10.1. The van der Waals surface area contributed by atoms with Gasteiger partial charge < -0.3 is 4.74 Å². The average Bonchev–Trinajstić information content (AvgIpc) is 2.67. The van der Waals surface area contributed by atoms with E-state index < -0.39 is 10.1 Å². The van der Waals surface area contributed by atoms with Crippen LogP contribution in [0, 0.1) is 6.92 Å². The maximum Gasteiger partial charge on any atom is 0.296 e. The molecule has 0 amide bonds. The molecular formula is C22H28O4S. The van der Waals surface area contributed by atoms with E-state index in [0.717, 1.165) is 36.0 Å². The highest BCUT2D eigenvalue weighted by molar-refractivity contribution is 7.86. The fourth-order valence-corrected chi connectivity index (χ4v) is 3.48. The molecule has 0 saturated carbocycles. The maximum absolute atomic E-state index is 12.0. The Kier molecular flexibility index (Phi) is 8.72. The summed E-state index contributed by atoms with van der Waals surface area (Å²) < 4.78 is 34.9. The molecule has 27 heavy (non-hydrogen) atoms. The first-order chi connectivity index (χ1) is 13.0. The highest BCUT2D eigenvalue weighted by Crippen LogP contribution is 2.14. The van der Waals surface area contributed by atoms with E-state index in [4.69, 9.17) is 8.92 Å². The molecule has 0 aliphatic carbocycles. The van der Waals surface area contributed by atoms with E-state index in [1.165, 1.54) is 0 Å². The SMILES string of the molecule is C=Cc1ccc(COCCCCCCOS(=O)(=O)c2ccc(C)cc2)cc1. The normalized spacial score (nSPS) is 11.4. The molecule has 0 unspecified atom stereocenters. The monoisotopic (exact) mass is 388 g/mol. The molecule has 0 heterocycles. The quantitative estimate of drug-likeness (QED) is 0.374. The number of rotatable bonds is 12. The van der Waals surface area contributed by atoms with Gasteiger partial charge in [0.05, 0.1) is 18.1 Å². The first-order valence-electron chi connectivity index (χ1n) is 9.26. The molecule has 0 saturated heterocycles. The van der Waals surface area contributed by atoms with Crippen molar-refractivity contribution in [2.24, 2.45) is 0 Å². The first kappa shape index (κ1) is 21.4. The molecule has 2 aromatic carbocycles. The third-order valence-electron chi connectivity index (χ3n) is 4.22. The summed E-state index contributed by atoms with van der Waals surface area (Å²) in [6.45, 7) is 7.17. The smallest absolute Gasteiger partial charge is 0.296 e. The minimum Gasteiger partial charge on any atom is -0.377 e. The van der Waals surface area contributed by atoms with Crippen LogP contribution in [0.5, 0.6) is 0 Å². The van der Waals surface area contributed by atoms with Crippen LogP contribution in [0.3, 0.4) is 0 Å². The van der Waals surface area contributed by atoms with Crippen LogP contribution in [0.1, 0.15) is 42.4 Å². The first-order valence-corrected chi connectivity index (χ1v) is 10.7. The molecule has 0 aliphatic rings. The van der Waals surface area contributed by atoms with Crippen LogP contribution in [0.4, 0.5) is 0 Å². The summed E-state index contributed by atoms with van der Waals surface area (Å²) in [5, 5.41) is 0. The molecule has 2 aromatic rings. The zero-order valence-corrected chi connectivity index (χ0v) is 16.7. The third-order valence-corrected chi connectivity index (χ3v) is 5.54. The van der Waals surface area contributed by atoms with Gasteiger partial charge in [-0.05, 0) is 43.0 Å². The van der Waals surface area contributed by atoms with Crippen molar-refractivity contribution in [2.45, 2.75) is 44.1 Å². The van der Waals surface area contributed by atoms with Crippen molar-refractivity contribution in [3.05, 3.63) is 71.8 Å². The predicted octanol–water partition coefficient (Wildman–Crippen LogP) is 5.12. The molecule has 0 N–H and O–H groups in total. The summed E-state index contributed by atoms with van der Waals surface area (Å²) >= 11 is 0. The fourth-order valence-electron chi connectivity index (χ4n) is 2.54. The van der Waals surface area contributed by atoms with E-state index in [-0.39, 0.29) is 11.5 Å². The standard InChI is InChI=1S/C22H28O4S/c1-3-20-10-12-21(13-11-20)18-25-16-6-4-5-7-17-26-27(23,24)22-14-8-19(2)9-15-22/h3,8-15H,1,4-7,16-18H2,2H3. The molecule has 5 heteroatoms. The van der Waals surface area contributed by atoms with Crippen LogP contribution >= 0.6 is 0 Å². The zero-order valence-electron chi connectivity index (χ0n) is 15.9. The summed E-state index contributed by atoms with van der Waals surface area (Å²) in [5.41, 5.74) is 3.27. The lowest BCUT2D eigenvalue weighted by Gasteiger charge is -2.07. The van der Waals surface area contributed by atoms with Crippen molar-refractivity contribution < 1.29 is 17.3 Å². The van der Waals surface area contributed by atoms with Crippen LogP contribution < -0.4 is 0 Å². The third kappa shape index (κ3) is 7.67. The Morgan fingerprint density at radius 1 is 0.889 bits per heavy atom. The molecule has 4 nitrogen and oxygen atoms in total. The van der Waals surface area contributed by atoms with Gasteiger partial charge in [-0.15, -0.1) is 0 Å². The number of ether oxygens (including phenoxy) is 1. The second kappa shape index (κ2) is 11.0. The Bertz CT molecular complexity index is 793. The summed E-state index contributed by atoms with van der Waals surface area (Å²) in [4.78, 5) is 0.211. The summed E-state index contributed by atoms with van der Waals surface area (Å²) in [5.74, 6) is 0. The van der Waals surface area contributed by atoms with Gasteiger partial charge >= 0.3 is 0 Å². The van der Waals surface area contributed by atoms with Crippen molar-refractivity contribution >= 4 is 16.2 Å². The van der Waals surface area contributed by atoms with Crippen molar-refractivity contribution in [2.75, 3.05) is 13.2 Å². The largest absolute Gasteiger partial charge is 0.377 e. The van der Waals surface area contributed by atoms with E-state index in [1.807, 2.05) is 37.3 Å². The highest BCUT2D eigenvalue weighted by Gasteiger charge is 2.14. The second-order valence-electron chi connectivity index (χ2n) is 6.50. The molecular weight excluding hydrogens is 360 g/mol. The Balaban J connectivity index is 1.53. The van der Waals surface area contributed by atoms with Crippen molar-refractivity contribution in [1.29, 1.82) is 0 Å². The maximum atomic E-state index is 12.0. The molecule has 0 spiro atoms. The Hall–Kier alpha value is -1.95. The van der Waals surface area contributed by atoms with Gasteiger partial charge in [0, 0.05) is 6.61 Å². The van der Waals surface area contributed by atoms with Gasteiger partial charge in [-0.25, -0.2) is 0 Å². The average molecular weight is 389 g/mol. The fraction of sp³-hybridized carbons (Fsp3) is 0.364.